The summed E-state index contributed by atoms with van der Waals surface area (Å²) in [5.74, 6) is 0.871. The largest absolute Gasteiger partial charge is 1.00 e. The molecule has 0 saturated heterocycles. The van der Waals surface area contributed by atoms with Crippen LogP contribution < -0.4 is 62.9 Å². The molecular weight excluding hydrogens is 392 g/mol. The fourth-order valence-electron chi connectivity index (χ4n) is 5.15. The standard InChI is InChI=1S/C21H27F2O.Rb/c22-18-12-10-17-11-13-19(24-21(17)20(18)23)16-8-6-15(7-9-16)14-4-2-1-3-5-14;/h1,10,12,14-16,19H,2-9,11,13H2;/q-1;+1. The van der Waals surface area contributed by atoms with Gasteiger partial charge in [0.2, 0.25) is 5.82 Å². The van der Waals surface area contributed by atoms with E-state index in [4.69, 9.17) is 4.74 Å². The molecule has 25 heavy (non-hydrogen) atoms. The Kier molecular flexibility index (Phi) is 7.56. The monoisotopic (exact) mass is 418 g/mol. The molecule has 3 aliphatic rings. The van der Waals surface area contributed by atoms with Gasteiger partial charge in [0.05, 0.1) is 0 Å². The summed E-state index contributed by atoms with van der Waals surface area (Å²) >= 11 is 0. The van der Waals surface area contributed by atoms with Crippen molar-refractivity contribution < 1.29 is 71.7 Å². The van der Waals surface area contributed by atoms with Crippen molar-refractivity contribution in [2.75, 3.05) is 0 Å². The van der Waals surface area contributed by atoms with E-state index in [0.29, 0.717) is 5.92 Å². The molecule has 2 saturated carbocycles. The summed E-state index contributed by atoms with van der Waals surface area (Å²) in [5, 5.41) is 0. The van der Waals surface area contributed by atoms with Crippen molar-refractivity contribution in [2.24, 2.45) is 17.8 Å². The fraction of sp³-hybridized carbons (Fsp3) is 0.667. The minimum atomic E-state index is -0.802. The Morgan fingerprint density at radius 3 is 2.20 bits per heavy atom. The average molecular weight is 419 g/mol. The number of ether oxygens (including phenoxy) is 1. The van der Waals surface area contributed by atoms with Crippen LogP contribution in [0.4, 0.5) is 8.78 Å². The Balaban J connectivity index is 0.00000182. The summed E-state index contributed by atoms with van der Waals surface area (Å²) in [6, 6.07) is 2.88. The minimum absolute atomic E-state index is 0. The van der Waals surface area contributed by atoms with E-state index in [0.717, 1.165) is 30.2 Å². The Morgan fingerprint density at radius 2 is 1.48 bits per heavy atom. The molecular formula is C21H27F2ORb. The Hall–Kier alpha value is 0.685. The Bertz CT molecular complexity index is 578. The Morgan fingerprint density at radius 1 is 0.840 bits per heavy atom. The van der Waals surface area contributed by atoms with E-state index in [2.05, 4.69) is 6.42 Å². The predicted molar refractivity (Wildman–Crippen MR) is 90.8 cm³/mol. The molecule has 1 aliphatic heterocycles. The van der Waals surface area contributed by atoms with Crippen molar-refractivity contribution in [3.05, 3.63) is 35.8 Å². The quantitative estimate of drug-likeness (QED) is 0.671. The van der Waals surface area contributed by atoms with Crippen LogP contribution in [0.15, 0.2) is 12.1 Å². The van der Waals surface area contributed by atoms with Gasteiger partial charge in [-0.1, -0.05) is 18.9 Å². The number of hydrogen-bond acceptors (Lipinski definition) is 1. The van der Waals surface area contributed by atoms with Crippen molar-refractivity contribution in [3.63, 3.8) is 0 Å². The van der Waals surface area contributed by atoms with Crippen LogP contribution in [0.5, 0.6) is 5.75 Å². The van der Waals surface area contributed by atoms with Crippen LogP contribution in [0.25, 0.3) is 0 Å². The van der Waals surface area contributed by atoms with E-state index in [1.165, 1.54) is 57.4 Å². The summed E-state index contributed by atoms with van der Waals surface area (Å²) in [6.07, 6.45) is 14.5. The van der Waals surface area contributed by atoms with Crippen LogP contribution in [0.1, 0.15) is 63.4 Å². The zero-order chi connectivity index (χ0) is 16.5. The van der Waals surface area contributed by atoms with Crippen LogP contribution in [0.2, 0.25) is 0 Å². The molecule has 0 N–H and O–H groups in total. The van der Waals surface area contributed by atoms with Crippen molar-refractivity contribution in [1.82, 2.24) is 0 Å². The first-order chi connectivity index (χ1) is 11.7. The van der Waals surface area contributed by atoms with Gasteiger partial charge < -0.3 is 11.2 Å². The number of halogens is 2. The molecule has 1 heterocycles. The summed E-state index contributed by atoms with van der Waals surface area (Å²) in [4.78, 5) is 0. The van der Waals surface area contributed by atoms with Crippen LogP contribution in [-0.2, 0) is 6.42 Å². The molecule has 0 bridgehead atoms. The van der Waals surface area contributed by atoms with Crippen LogP contribution in [0, 0.1) is 35.8 Å². The minimum Gasteiger partial charge on any atom is -0.487 e. The molecule has 1 aromatic carbocycles. The Labute approximate surface area is 199 Å². The third-order valence-electron chi connectivity index (χ3n) is 6.59. The van der Waals surface area contributed by atoms with Crippen LogP contribution in [-0.4, -0.2) is 6.10 Å². The van der Waals surface area contributed by atoms with Gasteiger partial charge in [0, 0.05) is 0 Å². The molecule has 1 atom stereocenters. The number of hydrogen-bond donors (Lipinski definition) is 0. The van der Waals surface area contributed by atoms with Gasteiger partial charge in [-0.25, -0.2) is 4.39 Å². The van der Waals surface area contributed by atoms with Gasteiger partial charge in [0.25, 0.3) is 0 Å². The van der Waals surface area contributed by atoms with Gasteiger partial charge in [-0.3, -0.25) is 0 Å². The van der Waals surface area contributed by atoms with Gasteiger partial charge in [-0.05, 0) is 67.9 Å². The third kappa shape index (κ3) is 4.58. The van der Waals surface area contributed by atoms with Gasteiger partial charge in [0.1, 0.15) is 6.10 Å². The summed E-state index contributed by atoms with van der Waals surface area (Å²) in [6.45, 7) is 0. The average Bonchev–Trinajstić information content (AvgIpc) is 2.65. The topological polar surface area (TPSA) is 9.23 Å². The van der Waals surface area contributed by atoms with Crippen molar-refractivity contribution >= 4 is 0 Å². The molecule has 0 radical (unpaired) electrons. The van der Waals surface area contributed by atoms with E-state index >= 15 is 0 Å². The first-order valence-electron chi connectivity index (χ1n) is 9.67. The van der Waals surface area contributed by atoms with Gasteiger partial charge in [-0.15, -0.1) is 0 Å². The summed E-state index contributed by atoms with van der Waals surface area (Å²) in [7, 11) is 0. The zero-order valence-electron chi connectivity index (χ0n) is 15.3. The fourth-order valence-corrected chi connectivity index (χ4v) is 5.15. The maximum atomic E-state index is 14.0. The second kappa shape index (κ2) is 9.25. The normalized spacial score (nSPS) is 30.1. The van der Waals surface area contributed by atoms with Gasteiger partial charge in [-0.2, -0.15) is 17.2 Å². The van der Waals surface area contributed by atoms with Crippen LogP contribution >= 0.6 is 0 Å². The van der Waals surface area contributed by atoms with E-state index in [1.807, 2.05) is 0 Å². The van der Waals surface area contributed by atoms with E-state index < -0.39 is 11.6 Å². The molecule has 0 spiro atoms. The molecule has 132 valence electrons. The second-order valence-electron chi connectivity index (χ2n) is 7.92. The first kappa shape index (κ1) is 20.4. The predicted octanol–water partition coefficient (Wildman–Crippen LogP) is 2.86. The van der Waals surface area contributed by atoms with Gasteiger partial charge in [0.15, 0.2) is 11.6 Å². The summed E-state index contributed by atoms with van der Waals surface area (Å²) in [5.41, 5.74) is 0.817. The van der Waals surface area contributed by atoms with E-state index in [-0.39, 0.29) is 70.0 Å². The van der Waals surface area contributed by atoms with E-state index in [1.54, 1.807) is 6.07 Å². The maximum Gasteiger partial charge on any atom is 1.00 e. The maximum absolute atomic E-state index is 14.0. The molecule has 4 rings (SSSR count). The van der Waals surface area contributed by atoms with Gasteiger partial charge >= 0.3 is 58.2 Å². The SMILES string of the molecule is Fc1ccc2c(c1F)OC(C1CCC(C3CC[CH-]CC3)CC1)CC2.[Rb+]. The number of rotatable bonds is 2. The molecule has 0 amide bonds. The smallest absolute Gasteiger partial charge is 0.487 e. The van der Waals surface area contributed by atoms with Crippen molar-refractivity contribution in [1.29, 1.82) is 0 Å². The molecule has 1 nitrogen and oxygen atoms in total. The third-order valence-corrected chi connectivity index (χ3v) is 6.59. The molecule has 1 aromatic rings. The molecule has 2 aliphatic carbocycles. The molecule has 0 aromatic heterocycles. The van der Waals surface area contributed by atoms with Crippen LogP contribution in [0.3, 0.4) is 0 Å². The number of aryl methyl sites for hydroxylation is 1. The first-order valence-corrected chi connectivity index (χ1v) is 9.67. The van der Waals surface area contributed by atoms with E-state index in [9.17, 15) is 8.78 Å². The molecule has 4 heteroatoms. The number of benzene rings is 1. The second-order valence-corrected chi connectivity index (χ2v) is 7.92. The van der Waals surface area contributed by atoms with Crippen molar-refractivity contribution in [3.8, 4) is 5.75 Å². The molecule has 2 fully saturated rings. The number of fused-ring (bicyclic) bond motifs is 1. The molecule has 1 unspecified atom stereocenters. The zero-order valence-corrected chi connectivity index (χ0v) is 20.2. The summed E-state index contributed by atoms with van der Waals surface area (Å²) < 4.78 is 33.4. The van der Waals surface area contributed by atoms with Crippen molar-refractivity contribution in [2.45, 2.75) is 70.3 Å².